The van der Waals surface area contributed by atoms with Crippen LogP contribution in [0.5, 0.6) is 0 Å². The van der Waals surface area contributed by atoms with Crippen LogP contribution >= 0.6 is 0 Å². The van der Waals surface area contributed by atoms with Crippen LogP contribution in [0.2, 0.25) is 0 Å². The van der Waals surface area contributed by atoms with Gasteiger partial charge in [0.2, 0.25) is 5.91 Å². The van der Waals surface area contributed by atoms with E-state index in [-0.39, 0.29) is 24.0 Å². The van der Waals surface area contributed by atoms with Gasteiger partial charge in [-0.05, 0) is 79.4 Å². The Morgan fingerprint density at radius 3 is 2.74 bits per heavy atom. The summed E-state index contributed by atoms with van der Waals surface area (Å²) in [6, 6.07) is -0.0341. The summed E-state index contributed by atoms with van der Waals surface area (Å²) in [6.07, 6.45) is 11.2. The summed E-state index contributed by atoms with van der Waals surface area (Å²) < 4.78 is 0. The molecule has 23 heavy (non-hydrogen) atoms. The number of carbonyl (C=O) groups is 1. The predicted molar refractivity (Wildman–Crippen MR) is 90.7 cm³/mol. The second-order valence-corrected chi connectivity index (χ2v) is 9.60. The van der Waals surface area contributed by atoms with E-state index in [4.69, 9.17) is 0 Å². The standard InChI is InChI=1S/C20H33NO2/c1-19-8-3-4-16(19)15-6-5-13-10-18(23)21-14(12-22)11-20(13,2)17(15)7-9-19/h13-17,22H,3-12H2,1-2H3,(H,21,23)/t13-,14+,15-,16-,17-,19-,20-/m0/s1. The van der Waals surface area contributed by atoms with E-state index < -0.39 is 0 Å². The molecule has 3 heteroatoms. The number of aliphatic hydroxyl groups is 1. The maximum atomic E-state index is 12.2. The van der Waals surface area contributed by atoms with Crippen LogP contribution in [0.4, 0.5) is 0 Å². The van der Waals surface area contributed by atoms with Crippen LogP contribution in [0.3, 0.4) is 0 Å². The zero-order valence-corrected chi connectivity index (χ0v) is 14.8. The van der Waals surface area contributed by atoms with Gasteiger partial charge in [0, 0.05) is 6.42 Å². The van der Waals surface area contributed by atoms with Gasteiger partial charge in [0.15, 0.2) is 0 Å². The monoisotopic (exact) mass is 319 g/mol. The third-order valence-corrected chi connectivity index (χ3v) is 8.55. The number of amides is 1. The quantitative estimate of drug-likeness (QED) is 0.777. The Labute approximate surface area is 140 Å². The van der Waals surface area contributed by atoms with Crippen molar-refractivity contribution in [1.82, 2.24) is 5.32 Å². The van der Waals surface area contributed by atoms with E-state index in [0.29, 0.717) is 17.8 Å². The van der Waals surface area contributed by atoms with E-state index in [1.807, 2.05) is 0 Å². The predicted octanol–water partition coefficient (Wildman–Crippen LogP) is 3.51. The van der Waals surface area contributed by atoms with Gasteiger partial charge in [-0.3, -0.25) is 4.79 Å². The molecule has 7 atom stereocenters. The molecule has 1 heterocycles. The molecule has 4 aliphatic rings. The lowest BCUT2D eigenvalue weighted by Crippen LogP contribution is -2.51. The van der Waals surface area contributed by atoms with E-state index in [2.05, 4.69) is 19.2 Å². The Morgan fingerprint density at radius 2 is 1.96 bits per heavy atom. The molecule has 1 saturated heterocycles. The molecule has 1 aliphatic heterocycles. The van der Waals surface area contributed by atoms with Gasteiger partial charge in [-0.25, -0.2) is 0 Å². The van der Waals surface area contributed by atoms with Crippen LogP contribution in [-0.2, 0) is 4.79 Å². The van der Waals surface area contributed by atoms with Crippen molar-refractivity contribution in [3.8, 4) is 0 Å². The summed E-state index contributed by atoms with van der Waals surface area (Å²) in [5, 5.41) is 12.8. The van der Waals surface area contributed by atoms with Gasteiger partial charge >= 0.3 is 0 Å². The third kappa shape index (κ3) is 2.37. The molecule has 4 rings (SSSR count). The highest BCUT2D eigenvalue weighted by atomic mass is 16.3. The molecule has 2 N–H and O–H groups in total. The number of hydrogen-bond acceptors (Lipinski definition) is 2. The molecule has 0 aromatic rings. The van der Waals surface area contributed by atoms with Crippen molar-refractivity contribution in [1.29, 1.82) is 0 Å². The van der Waals surface area contributed by atoms with Gasteiger partial charge in [-0.15, -0.1) is 0 Å². The van der Waals surface area contributed by atoms with Crippen LogP contribution in [-0.4, -0.2) is 23.7 Å². The van der Waals surface area contributed by atoms with E-state index in [1.54, 1.807) is 0 Å². The first-order chi connectivity index (χ1) is 11.0. The van der Waals surface area contributed by atoms with Gasteiger partial charge in [-0.1, -0.05) is 20.3 Å². The number of aliphatic hydroxyl groups excluding tert-OH is 1. The van der Waals surface area contributed by atoms with Gasteiger partial charge < -0.3 is 10.4 Å². The van der Waals surface area contributed by atoms with E-state index >= 15 is 0 Å². The van der Waals surface area contributed by atoms with Crippen molar-refractivity contribution in [3.63, 3.8) is 0 Å². The zero-order valence-electron chi connectivity index (χ0n) is 14.8. The first kappa shape index (κ1) is 15.9. The molecule has 130 valence electrons. The smallest absolute Gasteiger partial charge is 0.220 e. The fourth-order valence-corrected chi connectivity index (χ4v) is 7.38. The molecule has 0 aromatic heterocycles. The lowest BCUT2D eigenvalue weighted by Gasteiger charge is -2.58. The maximum Gasteiger partial charge on any atom is 0.220 e. The minimum Gasteiger partial charge on any atom is -0.394 e. The Kier molecular flexibility index (Phi) is 3.79. The van der Waals surface area contributed by atoms with Crippen LogP contribution in [0, 0.1) is 34.5 Å². The lowest BCUT2D eigenvalue weighted by atomic mass is 9.46. The van der Waals surface area contributed by atoms with Crippen molar-refractivity contribution in [2.75, 3.05) is 6.61 Å². The summed E-state index contributed by atoms with van der Waals surface area (Å²) in [6.45, 7) is 5.09. The van der Waals surface area contributed by atoms with E-state index in [9.17, 15) is 9.90 Å². The number of rotatable bonds is 1. The molecular formula is C20H33NO2. The van der Waals surface area contributed by atoms with Crippen molar-refractivity contribution in [2.45, 2.75) is 77.7 Å². The SMILES string of the molecule is C[C@@]12CCC[C@H]1[C@@H]1CC[C@H]3CC(=O)N[C@@H](CO)C[C@]3(C)[C@H]1CC2. The lowest BCUT2D eigenvalue weighted by molar-refractivity contribution is -0.125. The summed E-state index contributed by atoms with van der Waals surface area (Å²) in [7, 11) is 0. The van der Waals surface area contributed by atoms with Crippen LogP contribution in [0.15, 0.2) is 0 Å². The van der Waals surface area contributed by atoms with Crippen LogP contribution in [0.1, 0.15) is 71.6 Å². The highest BCUT2D eigenvalue weighted by Crippen LogP contribution is 2.65. The maximum absolute atomic E-state index is 12.2. The molecule has 1 amide bonds. The van der Waals surface area contributed by atoms with Gasteiger partial charge in [0.1, 0.15) is 0 Å². The molecule has 4 fully saturated rings. The summed E-state index contributed by atoms with van der Waals surface area (Å²) in [5.74, 6) is 3.23. The molecule has 0 bridgehead atoms. The summed E-state index contributed by atoms with van der Waals surface area (Å²) in [5.41, 5.74) is 0.832. The second-order valence-electron chi connectivity index (χ2n) is 9.60. The normalized spacial score (nSPS) is 52.8. The topological polar surface area (TPSA) is 49.3 Å². The van der Waals surface area contributed by atoms with Crippen LogP contribution in [0.25, 0.3) is 0 Å². The van der Waals surface area contributed by atoms with Crippen molar-refractivity contribution < 1.29 is 9.90 Å². The fourth-order valence-electron chi connectivity index (χ4n) is 7.38. The van der Waals surface area contributed by atoms with Gasteiger partial charge in [0.25, 0.3) is 0 Å². The Hall–Kier alpha value is -0.570. The fraction of sp³-hybridized carbons (Fsp3) is 0.950. The molecule has 0 radical (unpaired) electrons. The zero-order chi connectivity index (χ0) is 16.2. The second kappa shape index (κ2) is 5.47. The minimum absolute atomic E-state index is 0.0341. The Morgan fingerprint density at radius 1 is 1.13 bits per heavy atom. The largest absolute Gasteiger partial charge is 0.394 e. The van der Waals surface area contributed by atoms with E-state index in [0.717, 1.165) is 24.2 Å². The van der Waals surface area contributed by atoms with Crippen molar-refractivity contribution in [3.05, 3.63) is 0 Å². The molecule has 0 unspecified atom stereocenters. The van der Waals surface area contributed by atoms with E-state index in [1.165, 1.54) is 44.9 Å². The first-order valence-corrected chi connectivity index (χ1v) is 9.86. The van der Waals surface area contributed by atoms with Crippen molar-refractivity contribution in [2.24, 2.45) is 34.5 Å². The molecule has 3 aliphatic carbocycles. The number of fused-ring (bicyclic) bond motifs is 5. The molecule has 0 aromatic carbocycles. The first-order valence-electron chi connectivity index (χ1n) is 9.86. The van der Waals surface area contributed by atoms with Crippen LogP contribution < -0.4 is 5.32 Å². The summed E-state index contributed by atoms with van der Waals surface area (Å²) >= 11 is 0. The molecule has 3 nitrogen and oxygen atoms in total. The van der Waals surface area contributed by atoms with Gasteiger partial charge in [0.05, 0.1) is 12.6 Å². The molecule has 0 spiro atoms. The Bertz CT molecular complexity index is 492. The average Bonchev–Trinajstić information content (AvgIpc) is 2.85. The minimum atomic E-state index is -0.0341. The number of nitrogens with one attached hydrogen (secondary N) is 1. The average molecular weight is 319 g/mol. The summed E-state index contributed by atoms with van der Waals surface area (Å²) in [4.78, 5) is 12.2. The van der Waals surface area contributed by atoms with Crippen molar-refractivity contribution >= 4 is 5.91 Å². The number of carbonyl (C=O) groups excluding carboxylic acids is 1. The highest BCUT2D eigenvalue weighted by Gasteiger charge is 2.57. The Balaban J connectivity index is 1.65. The highest BCUT2D eigenvalue weighted by molar-refractivity contribution is 5.77. The third-order valence-electron chi connectivity index (χ3n) is 8.55. The van der Waals surface area contributed by atoms with Gasteiger partial charge in [-0.2, -0.15) is 0 Å². The number of hydrogen-bond donors (Lipinski definition) is 2. The molecular weight excluding hydrogens is 286 g/mol. The molecule has 3 saturated carbocycles.